The highest BCUT2D eigenvalue weighted by atomic mass is 19.3. The van der Waals surface area contributed by atoms with Crippen molar-refractivity contribution in [3.05, 3.63) is 23.8 Å². The Hall–Kier alpha value is -1.90. The van der Waals surface area contributed by atoms with Crippen LogP contribution in [-0.2, 0) is 0 Å². The molecule has 98 valence electrons. The summed E-state index contributed by atoms with van der Waals surface area (Å²) in [7, 11) is 0. The molecule has 1 aromatic carbocycles. The van der Waals surface area contributed by atoms with Crippen LogP contribution in [0, 0.1) is 12.3 Å². The zero-order valence-corrected chi connectivity index (χ0v) is 9.21. The van der Waals surface area contributed by atoms with Gasteiger partial charge in [-0.25, -0.2) is 17.6 Å². The van der Waals surface area contributed by atoms with Gasteiger partial charge < -0.3 is 9.47 Å². The lowest BCUT2D eigenvalue weighted by molar-refractivity contribution is 0.0785. The highest BCUT2D eigenvalue weighted by Gasteiger charge is 2.08. The molecular formula is C12H10F4O2. The monoisotopic (exact) mass is 262 g/mol. The molecule has 0 radical (unpaired) electrons. The molecule has 0 atom stereocenters. The predicted octanol–water partition coefficient (Wildman–Crippen LogP) is 2.96. The van der Waals surface area contributed by atoms with Gasteiger partial charge in [-0.3, -0.25) is 0 Å². The predicted molar refractivity (Wildman–Crippen MR) is 57.4 cm³/mol. The number of benzene rings is 1. The van der Waals surface area contributed by atoms with E-state index >= 15 is 0 Å². The minimum Gasteiger partial charge on any atom is -0.487 e. The molecule has 0 aromatic heterocycles. The molecule has 0 saturated carbocycles. The zero-order valence-electron chi connectivity index (χ0n) is 9.21. The van der Waals surface area contributed by atoms with E-state index in [-0.39, 0.29) is 11.5 Å². The molecule has 0 N–H and O–H groups in total. The number of alkyl halides is 4. The molecule has 0 unspecified atom stereocenters. The molecule has 0 fully saturated rings. The molecule has 1 aromatic rings. The van der Waals surface area contributed by atoms with Gasteiger partial charge in [0.05, 0.1) is 0 Å². The van der Waals surface area contributed by atoms with Crippen LogP contribution in [0.15, 0.2) is 18.2 Å². The average Bonchev–Trinajstić information content (AvgIpc) is 2.33. The molecule has 0 aliphatic carbocycles. The summed E-state index contributed by atoms with van der Waals surface area (Å²) in [5, 5.41) is 0. The van der Waals surface area contributed by atoms with Crippen molar-refractivity contribution in [1.29, 1.82) is 0 Å². The highest BCUT2D eigenvalue weighted by molar-refractivity contribution is 5.45. The van der Waals surface area contributed by atoms with E-state index in [1.165, 1.54) is 18.2 Å². The Morgan fingerprint density at radius 2 is 1.39 bits per heavy atom. The van der Waals surface area contributed by atoms with Gasteiger partial charge in [0.1, 0.15) is 24.7 Å². The van der Waals surface area contributed by atoms with Crippen molar-refractivity contribution in [1.82, 2.24) is 0 Å². The first kappa shape index (κ1) is 14.2. The number of terminal acetylenes is 1. The third-order valence-corrected chi connectivity index (χ3v) is 1.80. The average molecular weight is 262 g/mol. The van der Waals surface area contributed by atoms with Gasteiger partial charge in [-0.2, -0.15) is 0 Å². The van der Waals surface area contributed by atoms with E-state index in [1.807, 2.05) is 0 Å². The highest BCUT2D eigenvalue weighted by Crippen LogP contribution is 2.23. The van der Waals surface area contributed by atoms with Crippen LogP contribution in [0.2, 0.25) is 0 Å². The van der Waals surface area contributed by atoms with Crippen LogP contribution in [0.1, 0.15) is 5.56 Å². The van der Waals surface area contributed by atoms with E-state index in [1.54, 1.807) is 0 Å². The first-order valence-corrected chi connectivity index (χ1v) is 4.95. The molecule has 2 nitrogen and oxygen atoms in total. The third-order valence-electron chi connectivity index (χ3n) is 1.80. The number of ether oxygens (including phenoxy) is 2. The van der Waals surface area contributed by atoms with Crippen molar-refractivity contribution in [3.8, 4) is 23.8 Å². The fourth-order valence-electron chi connectivity index (χ4n) is 1.14. The molecule has 18 heavy (non-hydrogen) atoms. The maximum Gasteiger partial charge on any atom is 0.272 e. The van der Waals surface area contributed by atoms with Crippen LogP contribution in [0.25, 0.3) is 0 Å². The number of halogens is 4. The van der Waals surface area contributed by atoms with Crippen molar-refractivity contribution >= 4 is 0 Å². The second kappa shape index (κ2) is 6.74. The Labute approximate surface area is 102 Å². The van der Waals surface area contributed by atoms with Crippen LogP contribution in [-0.4, -0.2) is 26.1 Å². The van der Waals surface area contributed by atoms with Crippen LogP contribution in [0.5, 0.6) is 11.5 Å². The molecule has 1 rings (SSSR count). The Morgan fingerprint density at radius 1 is 0.944 bits per heavy atom. The molecule has 0 spiro atoms. The standard InChI is InChI=1S/C12H10F4O2/c1-2-8-3-9(17-6-11(13)14)5-10(4-8)18-7-12(15)16/h1,3-5,11-12H,6-7H2. The van der Waals surface area contributed by atoms with Crippen LogP contribution < -0.4 is 9.47 Å². The fraction of sp³-hybridized carbons (Fsp3) is 0.333. The summed E-state index contributed by atoms with van der Waals surface area (Å²) in [5.41, 5.74) is 0.297. The quantitative estimate of drug-likeness (QED) is 0.579. The normalized spacial score (nSPS) is 10.5. The van der Waals surface area contributed by atoms with E-state index in [0.717, 1.165) is 0 Å². The fourth-order valence-corrected chi connectivity index (χ4v) is 1.14. The van der Waals surface area contributed by atoms with Gasteiger partial charge in [-0.1, -0.05) is 5.92 Å². The van der Waals surface area contributed by atoms with Gasteiger partial charge in [0.25, 0.3) is 12.9 Å². The summed E-state index contributed by atoms with van der Waals surface area (Å²) in [6.07, 6.45) is -0.127. The summed E-state index contributed by atoms with van der Waals surface area (Å²) >= 11 is 0. The van der Waals surface area contributed by atoms with Crippen LogP contribution in [0.3, 0.4) is 0 Å². The minimum atomic E-state index is -2.63. The van der Waals surface area contributed by atoms with Gasteiger partial charge in [-0.15, -0.1) is 6.42 Å². The van der Waals surface area contributed by atoms with Crippen LogP contribution in [0.4, 0.5) is 17.6 Å². The minimum absolute atomic E-state index is 0.0509. The van der Waals surface area contributed by atoms with Crippen LogP contribution >= 0.6 is 0 Å². The summed E-state index contributed by atoms with van der Waals surface area (Å²) < 4.78 is 57.3. The third kappa shape index (κ3) is 4.95. The Bertz CT molecular complexity index is 396. The van der Waals surface area contributed by atoms with Crippen molar-refractivity contribution in [2.24, 2.45) is 0 Å². The number of hydrogen-bond acceptors (Lipinski definition) is 2. The summed E-state index contributed by atoms with van der Waals surface area (Å²) in [4.78, 5) is 0. The maximum atomic E-state index is 12.0. The largest absolute Gasteiger partial charge is 0.487 e. The second-order valence-corrected chi connectivity index (χ2v) is 3.24. The molecule has 0 bridgehead atoms. The second-order valence-electron chi connectivity index (χ2n) is 3.24. The van der Waals surface area contributed by atoms with Gasteiger partial charge in [0.15, 0.2) is 0 Å². The zero-order chi connectivity index (χ0) is 13.5. The lowest BCUT2D eigenvalue weighted by Gasteiger charge is -2.10. The SMILES string of the molecule is C#Cc1cc(OCC(F)F)cc(OCC(F)F)c1. The number of hydrogen-bond donors (Lipinski definition) is 0. The first-order valence-electron chi connectivity index (χ1n) is 4.95. The van der Waals surface area contributed by atoms with E-state index in [4.69, 9.17) is 15.9 Å². The lowest BCUT2D eigenvalue weighted by Crippen LogP contribution is -2.09. The first-order chi connectivity index (χ1) is 8.51. The summed E-state index contributed by atoms with van der Waals surface area (Å²) in [5.74, 6) is 2.35. The molecular weight excluding hydrogens is 252 g/mol. The van der Waals surface area contributed by atoms with Gasteiger partial charge in [-0.05, 0) is 12.1 Å². The van der Waals surface area contributed by atoms with Gasteiger partial charge in [0.2, 0.25) is 0 Å². The van der Waals surface area contributed by atoms with E-state index in [9.17, 15) is 17.6 Å². The van der Waals surface area contributed by atoms with Crippen molar-refractivity contribution in [2.45, 2.75) is 12.9 Å². The molecule has 0 aliphatic heterocycles. The molecule has 6 heteroatoms. The summed E-state index contributed by atoms with van der Waals surface area (Å²) in [6, 6.07) is 3.92. The van der Waals surface area contributed by atoms with E-state index in [2.05, 4.69) is 5.92 Å². The van der Waals surface area contributed by atoms with Crippen molar-refractivity contribution < 1.29 is 27.0 Å². The smallest absolute Gasteiger partial charge is 0.272 e. The van der Waals surface area contributed by atoms with Gasteiger partial charge in [0, 0.05) is 11.6 Å². The topological polar surface area (TPSA) is 18.5 Å². The van der Waals surface area contributed by atoms with E-state index in [0.29, 0.717) is 5.56 Å². The van der Waals surface area contributed by atoms with Crippen molar-refractivity contribution in [2.75, 3.05) is 13.2 Å². The Balaban J connectivity index is 2.78. The van der Waals surface area contributed by atoms with E-state index < -0.39 is 26.1 Å². The Morgan fingerprint density at radius 3 is 1.72 bits per heavy atom. The molecule has 0 amide bonds. The van der Waals surface area contributed by atoms with Crippen molar-refractivity contribution in [3.63, 3.8) is 0 Å². The molecule has 0 aliphatic rings. The molecule has 0 saturated heterocycles. The summed E-state index contributed by atoms with van der Waals surface area (Å²) in [6.45, 7) is -1.61. The maximum absolute atomic E-state index is 12.0. The Kier molecular flexibility index (Phi) is 5.31. The number of rotatable bonds is 6. The van der Waals surface area contributed by atoms with Gasteiger partial charge >= 0.3 is 0 Å². The lowest BCUT2D eigenvalue weighted by atomic mass is 10.2. The molecule has 0 heterocycles.